The molecule has 2 atom stereocenters. The van der Waals surface area contributed by atoms with Crippen molar-refractivity contribution in [2.24, 2.45) is 11.8 Å². The molecule has 0 saturated carbocycles. The Labute approximate surface area is 94.0 Å². The summed E-state index contributed by atoms with van der Waals surface area (Å²) in [4.78, 5) is 2.60. The number of hydrogen-bond acceptors (Lipinski definition) is 2. The fraction of sp³-hybridized carbons (Fsp3) is 1.00. The molecule has 0 aromatic heterocycles. The summed E-state index contributed by atoms with van der Waals surface area (Å²) in [7, 11) is 0. The van der Waals surface area contributed by atoms with E-state index in [1.165, 1.54) is 45.3 Å². The lowest BCUT2D eigenvalue weighted by Crippen LogP contribution is -2.43. The van der Waals surface area contributed by atoms with Gasteiger partial charge in [0.15, 0.2) is 0 Å². The number of piperidine rings is 1. The summed E-state index contributed by atoms with van der Waals surface area (Å²) in [6.45, 7) is 9.45. The molecule has 2 heterocycles. The van der Waals surface area contributed by atoms with E-state index < -0.39 is 0 Å². The van der Waals surface area contributed by atoms with Gasteiger partial charge in [-0.2, -0.15) is 0 Å². The van der Waals surface area contributed by atoms with Crippen molar-refractivity contribution in [1.82, 2.24) is 4.90 Å². The van der Waals surface area contributed by atoms with Crippen LogP contribution in [0.25, 0.3) is 0 Å². The number of likely N-dealkylation sites (tertiary alicyclic amines) is 1. The Kier molecular flexibility index (Phi) is 4.04. The average Bonchev–Trinajstić information content (AvgIpc) is 2.25. The number of ether oxygens (including phenoxy) is 1. The standard InChI is InChI=1S/C13H25NO/c1-11-5-7-14(8-6-11)10-13-12(2)4-3-9-15-13/h11-13H,3-10H2,1-2H3/t12-,13-/m1/s1. The number of rotatable bonds is 2. The van der Waals surface area contributed by atoms with Crippen molar-refractivity contribution < 1.29 is 4.74 Å². The second kappa shape index (κ2) is 5.31. The molecule has 0 N–H and O–H groups in total. The van der Waals surface area contributed by atoms with Crippen LogP contribution in [0.4, 0.5) is 0 Å². The van der Waals surface area contributed by atoms with E-state index in [0.717, 1.165) is 18.4 Å². The maximum Gasteiger partial charge on any atom is 0.0727 e. The van der Waals surface area contributed by atoms with E-state index in [0.29, 0.717) is 6.10 Å². The molecule has 0 aromatic carbocycles. The maximum absolute atomic E-state index is 5.88. The molecule has 0 aliphatic carbocycles. The van der Waals surface area contributed by atoms with E-state index in [1.807, 2.05) is 0 Å². The highest BCUT2D eigenvalue weighted by atomic mass is 16.5. The highest BCUT2D eigenvalue weighted by Crippen LogP contribution is 2.23. The molecule has 0 spiro atoms. The minimum atomic E-state index is 0.507. The summed E-state index contributed by atoms with van der Waals surface area (Å²) in [6.07, 6.45) is 5.87. The van der Waals surface area contributed by atoms with Crippen LogP contribution in [0, 0.1) is 11.8 Å². The van der Waals surface area contributed by atoms with Gasteiger partial charge in [0.2, 0.25) is 0 Å². The Morgan fingerprint density at radius 2 is 1.87 bits per heavy atom. The highest BCUT2D eigenvalue weighted by Gasteiger charge is 2.25. The van der Waals surface area contributed by atoms with Crippen LogP contribution < -0.4 is 0 Å². The lowest BCUT2D eigenvalue weighted by Gasteiger charge is -2.36. The molecule has 2 saturated heterocycles. The Morgan fingerprint density at radius 1 is 1.13 bits per heavy atom. The summed E-state index contributed by atoms with van der Waals surface area (Å²) >= 11 is 0. The molecule has 0 unspecified atom stereocenters. The summed E-state index contributed by atoms with van der Waals surface area (Å²) < 4.78 is 5.88. The predicted octanol–water partition coefficient (Wildman–Crippen LogP) is 2.53. The fourth-order valence-corrected chi connectivity index (χ4v) is 2.72. The first-order chi connectivity index (χ1) is 7.25. The topological polar surface area (TPSA) is 12.5 Å². The van der Waals surface area contributed by atoms with Crippen LogP contribution in [-0.4, -0.2) is 37.2 Å². The number of hydrogen-bond donors (Lipinski definition) is 0. The molecule has 2 fully saturated rings. The van der Waals surface area contributed by atoms with Gasteiger partial charge in [0.25, 0.3) is 0 Å². The smallest absolute Gasteiger partial charge is 0.0727 e. The van der Waals surface area contributed by atoms with Gasteiger partial charge in [-0.25, -0.2) is 0 Å². The van der Waals surface area contributed by atoms with E-state index in [1.54, 1.807) is 0 Å². The predicted molar refractivity (Wildman–Crippen MR) is 63.0 cm³/mol. The van der Waals surface area contributed by atoms with Crippen LogP contribution >= 0.6 is 0 Å². The van der Waals surface area contributed by atoms with Crippen LogP contribution in [0.2, 0.25) is 0 Å². The molecule has 2 nitrogen and oxygen atoms in total. The largest absolute Gasteiger partial charge is 0.377 e. The minimum absolute atomic E-state index is 0.507. The summed E-state index contributed by atoms with van der Waals surface area (Å²) in [5.41, 5.74) is 0. The van der Waals surface area contributed by atoms with Gasteiger partial charge < -0.3 is 9.64 Å². The molecule has 88 valence electrons. The normalized spacial score (nSPS) is 35.6. The van der Waals surface area contributed by atoms with Gasteiger partial charge in [-0.3, -0.25) is 0 Å². The van der Waals surface area contributed by atoms with Crippen molar-refractivity contribution in [3.63, 3.8) is 0 Å². The van der Waals surface area contributed by atoms with Crippen molar-refractivity contribution in [3.8, 4) is 0 Å². The zero-order valence-corrected chi connectivity index (χ0v) is 10.2. The second-order valence-electron chi connectivity index (χ2n) is 5.51. The molecule has 2 rings (SSSR count). The molecule has 15 heavy (non-hydrogen) atoms. The van der Waals surface area contributed by atoms with Crippen molar-refractivity contribution in [2.45, 2.75) is 45.6 Å². The summed E-state index contributed by atoms with van der Waals surface area (Å²) in [5, 5.41) is 0. The molecule has 0 amide bonds. The van der Waals surface area contributed by atoms with E-state index in [4.69, 9.17) is 4.74 Å². The molecular weight excluding hydrogens is 186 g/mol. The van der Waals surface area contributed by atoms with Crippen LogP contribution in [-0.2, 0) is 4.74 Å². The van der Waals surface area contributed by atoms with Gasteiger partial charge in [0.1, 0.15) is 0 Å². The number of nitrogens with zero attached hydrogens (tertiary/aromatic N) is 1. The third-order valence-corrected chi connectivity index (χ3v) is 4.08. The van der Waals surface area contributed by atoms with Crippen molar-refractivity contribution in [1.29, 1.82) is 0 Å². The summed E-state index contributed by atoms with van der Waals surface area (Å²) in [6, 6.07) is 0. The Hall–Kier alpha value is -0.0800. The monoisotopic (exact) mass is 211 g/mol. The van der Waals surface area contributed by atoms with E-state index in [-0.39, 0.29) is 0 Å². The molecule has 2 heteroatoms. The van der Waals surface area contributed by atoms with Gasteiger partial charge in [-0.1, -0.05) is 13.8 Å². The first kappa shape index (κ1) is 11.4. The van der Waals surface area contributed by atoms with E-state index in [9.17, 15) is 0 Å². The molecular formula is C13H25NO. The molecule has 0 bridgehead atoms. The average molecular weight is 211 g/mol. The second-order valence-corrected chi connectivity index (χ2v) is 5.51. The maximum atomic E-state index is 5.88. The fourth-order valence-electron chi connectivity index (χ4n) is 2.72. The third-order valence-electron chi connectivity index (χ3n) is 4.08. The van der Waals surface area contributed by atoms with Crippen molar-refractivity contribution >= 4 is 0 Å². The van der Waals surface area contributed by atoms with Gasteiger partial charge >= 0.3 is 0 Å². The van der Waals surface area contributed by atoms with Gasteiger partial charge in [-0.05, 0) is 50.6 Å². The van der Waals surface area contributed by atoms with Crippen molar-refractivity contribution in [3.05, 3.63) is 0 Å². The van der Waals surface area contributed by atoms with Crippen LogP contribution in [0.3, 0.4) is 0 Å². The zero-order valence-electron chi connectivity index (χ0n) is 10.2. The molecule has 2 aliphatic rings. The molecule has 0 radical (unpaired) electrons. The van der Waals surface area contributed by atoms with Crippen LogP contribution in [0.5, 0.6) is 0 Å². The highest BCUT2D eigenvalue weighted by molar-refractivity contribution is 4.77. The zero-order chi connectivity index (χ0) is 10.7. The lowest BCUT2D eigenvalue weighted by molar-refractivity contribution is -0.0422. The van der Waals surface area contributed by atoms with Gasteiger partial charge in [-0.15, -0.1) is 0 Å². The van der Waals surface area contributed by atoms with Gasteiger partial charge in [0, 0.05) is 13.2 Å². The SMILES string of the molecule is CC1CCN(C[C@H]2OCCC[C@H]2C)CC1. The Balaban J connectivity index is 1.75. The Bertz CT molecular complexity index is 187. The third kappa shape index (κ3) is 3.18. The first-order valence-electron chi connectivity index (χ1n) is 6.59. The molecule has 0 aromatic rings. The minimum Gasteiger partial charge on any atom is -0.377 e. The Morgan fingerprint density at radius 3 is 2.53 bits per heavy atom. The lowest BCUT2D eigenvalue weighted by atomic mass is 9.94. The molecule has 2 aliphatic heterocycles. The van der Waals surface area contributed by atoms with Crippen molar-refractivity contribution in [2.75, 3.05) is 26.2 Å². The van der Waals surface area contributed by atoms with E-state index >= 15 is 0 Å². The summed E-state index contributed by atoms with van der Waals surface area (Å²) in [5.74, 6) is 1.70. The quantitative estimate of drug-likeness (QED) is 0.696. The van der Waals surface area contributed by atoms with Gasteiger partial charge in [0.05, 0.1) is 6.10 Å². The first-order valence-corrected chi connectivity index (χ1v) is 6.59. The van der Waals surface area contributed by atoms with Crippen LogP contribution in [0.1, 0.15) is 39.5 Å². The van der Waals surface area contributed by atoms with E-state index in [2.05, 4.69) is 18.7 Å². The van der Waals surface area contributed by atoms with Crippen LogP contribution in [0.15, 0.2) is 0 Å².